The third kappa shape index (κ3) is 6.45. The maximum absolute atomic E-state index is 4.71. The first-order valence-electron chi connectivity index (χ1n) is 8.38. The average molecular weight is 427 g/mol. The molecule has 0 unspecified atom stereocenters. The normalized spacial score (nSPS) is 12.3. The second kappa shape index (κ2) is 10.4. The Hall–Kier alpha value is -2.80. The Labute approximate surface area is 168 Å². The standard InChI is InChI=1S/C20H23BrN6/c1-15-7-5-10-24-20(15)18(22-3)11-19(27(4)26-12-16(2)21)25-14-17-8-6-9-23-13-17/h5-13,22H,2,14H2,1,3-4H3/b18-11?,25-19?,26-12-. The molecule has 2 rings (SSSR count). The minimum Gasteiger partial charge on any atom is -0.386 e. The van der Waals surface area contributed by atoms with Crippen LogP contribution in [-0.2, 0) is 6.54 Å². The van der Waals surface area contributed by atoms with Crippen molar-refractivity contribution < 1.29 is 0 Å². The van der Waals surface area contributed by atoms with Gasteiger partial charge in [-0.2, -0.15) is 5.10 Å². The van der Waals surface area contributed by atoms with E-state index in [2.05, 4.69) is 42.9 Å². The summed E-state index contributed by atoms with van der Waals surface area (Å²) in [6, 6.07) is 7.83. The predicted molar refractivity (Wildman–Crippen MR) is 116 cm³/mol. The molecule has 0 bridgehead atoms. The van der Waals surface area contributed by atoms with Gasteiger partial charge in [0, 0.05) is 43.2 Å². The molecule has 7 heteroatoms. The maximum Gasteiger partial charge on any atom is 0.146 e. The van der Waals surface area contributed by atoms with Crippen molar-refractivity contribution in [1.29, 1.82) is 0 Å². The molecule has 0 radical (unpaired) electrons. The van der Waals surface area contributed by atoms with Crippen LogP contribution in [0.5, 0.6) is 0 Å². The number of hydrogen-bond acceptors (Lipinski definition) is 5. The van der Waals surface area contributed by atoms with Crippen LogP contribution in [0.2, 0.25) is 0 Å². The van der Waals surface area contributed by atoms with Crippen LogP contribution in [0.4, 0.5) is 0 Å². The average Bonchev–Trinajstić information content (AvgIpc) is 2.68. The van der Waals surface area contributed by atoms with Gasteiger partial charge in [0.05, 0.1) is 24.2 Å². The summed E-state index contributed by atoms with van der Waals surface area (Å²) in [6.45, 7) is 6.29. The second-order valence-electron chi connectivity index (χ2n) is 5.73. The first kappa shape index (κ1) is 20.5. The summed E-state index contributed by atoms with van der Waals surface area (Å²) in [5.41, 5.74) is 3.82. The summed E-state index contributed by atoms with van der Waals surface area (Å²) in [6.07, 6.45) is 8.88. The second-order valence-corrected chi connectivity index (χ2v) is 6.75. The van der Waals surface area contributed by atoms with Crippen LogP contribution in [0, 0.1) is 6.92 Å². The van der Waals surface area contributed by atoms with Crippen molar-refractivity contribution in [2.24, 2.45) is 10.1 Å². The number of likely N-dealkylation sites (N-methyl/N-ethyl adjacent to an activating group) is 1. The lowest BCUT2D eigenvalue weighted by atomic mass is 10.1. The molecule has 0 atom stereocenters. The van der Waals surface area contributed by atoms with Crippen molar-refractivity contribution in [3.63, 3.8) is 0 Å². The molecule has 0 amide bonds. The molecule has 1 N–H and O–H groups in total. The van der Waals surface area contributed by atoms with Crippen LogP contribution in [0.15, 0.2) is 70.1 Å². The van der Waals surface area contributed by atoms with Gasteiger partial charge in [0.1, 0.15) is 5.84 Å². The highest BCUT2D eigenvalue weighted by Gasteiger charge is 2.09. The van der Waals surface area contributed by atoms with E-state index in [1.165, 1.54) is 0 Å². The quantitative estimate of drug-likeness (QED) is 0.415. The number of halogens is 1. The molecule has 0 spiro atoms. The Kier molecular flexibility index (Phi) is 7.88. The van der Waals surface area contributed by atoms with Crippen molar-refractivity contribution in [2.45, 2.75) is 13.5 Å². The summed E-state index contributed by atoms with van der Waals surface area (Å²) < 4.78 is 0.680. The Morgan fingerprint density at radius 3 is 2.74 bits per heavy atom. The highest BCUT2D eigenvalue weighted by molar-refractivity contribution is 9.12. The van der Waals surface area contributed by atoms with Gasteiger partial charge in [0.15, 0.2) is 0 Å². The molecule has 27 heavy (non-hydrogen) atoms. The van der Waals surface area contributed by atoms with E-state index in [-0.39, 0.29) is 0 Å². The number of allylic oxidation sites excluding steroid dienone is 1. The molecule has 0 aliphatic carbocycles. The van der Waals surface area contributed by atoms with E-state index in [4.69, 9.17) is 4.99 Å². The van der Waals surface area contributed by atoms with Gasteiger partial charge in [-0.05, 0) is 46.1 Å². The van der Waals surface area contributed by atoms with E-state index >= 15 is 0 Å². The minimum absolute atomic E-state index is 0.493. The van der Waals surface area contributed by atoms with Crippen LogP contribution >= 0.6 is 15.9 Å². The lowest BCUT2D eigenvalue weighted by Gasteiger charge is -2.16. The van der Waals surface area contributed by atoms with Gasteiger partial charge >= 0.3 is 0 Å². The van der Waals surface area contributed by atoms with Crippen LogP contribution in [0.25, 0.3) is 5.70 Å². The largest absolute Gasteiger partial charge is 0.386 e. The summed E-state index contributed by atoms with van der Waals surface area (Å²) in [4.78, 5) is 13.3. The summed E-state index contributed by atoms with van der Waals surface area (Å²) in [5.74, 6) is 0.679. The number of rotatable bonds is 7. The Morgan fingerprint density at radius 2 is 2.11 bits per heavy atom. The molecular formula is C20H23BrN6. The molecule has 6 nitrogen and oxygen atoms in total. The number of nitrogens with zero attached hydrogens (tertiary/aromatic N) is 5. The van der Waals surface area contributed by atoms with Crippen molar-refractivity contribution in [3.05, 3.63) is 76.8 Å². The van der Waals surface area contributed by atoms with E-state index in [1.54, 1.807) is 29.8 Å². The third-order valence-corrected chi connectivity index (χ3v) is 3.86. The first-order valence-corrected chi connectivity index (χ1v) is 9.17. The molecule has 2 aromatic heterocycles. The molecule has 0 saturated heterocycles. The monoisotopic (exact) mass is 426 g/mol. The Balaban J connectivity index is 2.40. The molecule has 0 aliphatic heterocycles. The van der Waals surface area contributed by atoms with Crippen LogP contribution in [-0.4, -0.2) is 41.1 Å². The third-order valence-electron chi connectivity index (χ3n) is 3.66. The van der Waals surface area contributed by atoms with Crippen molar-refractivity contribution in [1.82, 2.24) is 20.3 Å². The molecule has 0 aromatic carbocycles. The van der Waals surface area contributed by atoms with E-state index in [0.717, 1.165) is 22.5 Å². The van der Waals surface area contributed by atoms with Crippen LogP contribution in [0.3, 0.4) is 0 Å². The number of aryl methyl sites for hydroxylation is 1. The van der Waals surface area contributed by atoms with Gasteiger partial charge < -0.3 is 5.32 Å². The lowest BCUT2D eigenvalue weighted by molar-refractivity contribution is 0.547. The predicted octanol–water partition coefficient (Wildman–Crippen LogP) is 3.77. The van der Waals surface area contributed by atoms with Gasteiger partial charge in [-0.25, -0.2) is 0 Å². The van der Waals surface area contributed by atoms with E-state index < -0.39 is 0 Å². The summed E-state index contributed by atoms with van der Waals surface area (Å²) in [7, 11) is 3.70. The minimum atomic E-state index is 0.493. The van der Waals surface area contributed by atoms with Crippen LogP contribution in [0.1, 0.15) is 16.8 Å². The number of aliphatic imine (C=N–C) groups is 1. The van der Waals surface area contributed by atoms with Crippen molar-refractivity contribution in [3.8, 4) is 0 Å². The number of hydrazone groups is 1. The number of hydrogen-bond donors (Lipinski definition) is 1. The van der Waals surface area contributed by atoms with Crippen molar-refractivity contribution in [2.75, 3.05) is 14.1 Å². The highest BCUT2D eigenvalue weighted by Crippen LogP contribution is 2.14. The molecule has 0 aliphatic rings. The Bertz CT molecular complexity index is 858. The number of amidine groups is 1. The zero-order valence-electron chi connectivity index (χ0n) is 15.7. The molecule has 2 heterocycles. The highest BCUT2D eigenvalue weighted by atomic mass is 79.9. The molecular weight excluding hydrogens is 404 g/mol. The molecule has 0 saturated carbocycles. The zero-order valence-corrected chi connectivity index (χ0v) is 17.3. The molecule has 0 fully saturated rings. The maximum atomic E-state index is 4.71. The van der Waals surface area contributed by atoms with E-state index in [0.29, 0.717) is 16.9 Å². The fourth-order valence-corrected chi connectivity index (χ4v) is 2.36. The zero-order chi connectivity index (χ0) is 19.6. The smallest absolute Gasteiger partial charge is 0.146 e. The van der Waals surface area contributed by atoms with Gasteiger partial charge in [0.25, 0.3) is 0 Å². The van der Waals surface area contributed by atoms with Gasteiger partial charge in [0.2, 0.25) is 0 Å². The number of aromatic nitrogens is 2. The van der Waals surface area contributed by atoms with Gasteiger partial charge in [-0.3, -0.25) is 20.0 Å². The van der Waals surface area contributed by atoms with Crippen LogP contribution < -0.4 is 5.32 Å². The number of pyridine rings is 2. The SMILES string of the molecule is C=C(Br)/C=N\N(C)C(C=C(NC)c1ncccc1C)=NCc1cccnc1. The summed E-state index contributed by atoms with van der Waals surface area (Å²) >= 11 is 3.28. The van der Waals surface area contributed by atoms with E-state index in [9.17, 15) is 0 Å². The Morgan fingerprint density at radius 1 is 1.33 bits per heavy atom. The molecule has 140 valence electrons. The van der Waals surface area contributed by atoms with Gasteiger partial charge in [-0.15, -0.1) is 0 Å². The topological polar surface area (TPSA) is 65.8 Å². The van der Waals surface area contributed by atoms with Crippen molar-refractivity contribution >= 4 is 33.7 Å². The first-order chi connectivity index (χ1) is 13.0. The fraction of sp³-hybridized carbons (Fsp3) is 0.200. The number of nitrogens with one attached hydrogen (secondary N) is 1. The lowest BCUT2D eigenvalue weighted by Crippen LogP contribution is -2.22. The summed E-state index contributed by atoms with van der Waals surface area (Å²) in [5, 5.41) is 9.26. The molecule has 2 aromatic rings. The fourth-order valence-electron chi connectivity index (χ4n) is 2.27. The van der Waals surface area contributed by atoms with E-state index in [1.807, 2.05) is 51.4 Å². The van der Waals surface area contributed by atoms with Gasteiger partial charge in [-0.1, -0.05) is 18.7 Å².